The Balaban J connectivity index is 1.82. The Morgan fingerprint density at radius 3 is 2.06 bits per heavy atom. The van der Waals surface area contributed by atoms with E-state index in [0.29, 0.717) is 40.6 Å². The molecule has 0 atom stereocenters. The molecule has 4 nitrogen and oxygen atoms in total. The van der Waals surface area contributed by atoms with Crippen LogP contribution < -0.4 is 4.90 Å². The number of benzene rings is 3. The molecule has 0 fully saturated rings. The van der Waals surface area contributed by atoms with Crippen molar-refractivity contribution in [3.8, 4) is 0 Å². The highest BCUT2D eigenvalue weighted by Gasteiger charge is 2.42. The van der Waals surface area contributed by atoms with Crippen molar-refractivity contribution < 1.29 is 9.59 Å². The van der Waals surface area contributed by atoms with Crippen molar-refractivity contribution in [1.82, 2.24) is 4.90 Å². The highest BCUT2D eigenvalue weighted by Crippen LogP contribution is 2.37. The van der Waals surface area contributed by atoms with Crippen molar-refractivity contribution >= 4 is 46.3 Å². The summed E-state index contributed by atoms with van der Waals surface area (Å²) in [5.41, 5.74) is 2.91. The molecule has 3 aromatic carbocycles. The summed E-state index contributed by atoms with van der Waals surface area (Å²) < 4.78 is 0. The van der Waals surface area contributed by atoms with Gasteiger partial charge in [0.05, 0.1) is 21.3 Å². The maximum Gasteiger partial charge on any atom is 0.282 e. The average molecular weight is 451 g/mol. The van der Waals surface area contributed by atoms with Crippen molar-refractivity contribution in [1.29, 1.82) is 0 Å². The second-order valence-electron chi connectivity index (χ2n) is 7.13. The molecule has 0 bridgehead atoms. The van der Waals surface area contributed by atoms with E-state index in [2.05, 4.69) is 0 Å². The quantitative estimate of drug-likeness (QED) is 0.445. The molecule has 0 aromatic heterocycles. The highest BCUT2D eigenvalue weighted by atomic mass is 35.5. The Hall–Kier alpha value is -3.08. The Morgan fingerprint density at radius 2 is 1.45 bits per heavy atom. The molecule has 4 rings (SSSR count). The minimum atomic E-state index is -0.379. The number of carbonyl (C=O) groups excluding carboxylic acids is 2. The summed E-state index contributed by atoms with van der Waals surface area (Å²) in [4.78, 5) is 30.3. The van der Waals surface area contributed by atoms with Crippen molar-refractivity contribution in [3.05, 3.63) is 106 Å². The van der Waals surface area contributed by atoms with Crippen molar-refractivity contribution in [2.75, 3.05) is 11.4 Å². The topological polar surface area (TPSA) is 40.6 Å². The van der Waals surface area contributed by atoms with Crippen molar-refractivity contribution in [3.63, 3.8) is 0 Å². The normalized spacial score (nSPS) is 13.8. The number of amides is 2. The third-order valence-electron chi connectivity index (χ3n) is 5.20. The number of rotatable bonds is 6. The van der Waals surface area contributed by atoms with Gasteiger partial charge >= 0.3 is 0 Å². The molecule has 1 aliphatic heterocycles. The number of imide groups is 1. The maximum absolute atomic E-state index is 13.6. The molecule has 6 heteroatoms. The van der Waals surface area contributed by atoms with Crippen LogP contribution in [0.3, 0.4) is 0 Å². The highest BCUT2D eigenvalue weighted by molar-refractivity contribution is 6.46. The van der Waals surface area contributed by atoms with Crippen LogP contribution in [0.25, 0.3) is 5.57 Å². The van der Waals surface area contributed by atoms with Crippen LogP contribution in [0.15, 0.2) is 84.6 Å². The lowest BCUT2D eigenvalue weighted by Gasteiger charge is -2.25. The van der Waals surface area contributed by atoms with Crippen LogP contribution in [0.4, 0.5) is 5.69 Å². The molecule has 1 heterocycles. The number of anilines is 1. The fourth-order valence-corrected chi connectivity index (χ4v) is 3.98. The third kappa shape index (κ3) is 4.09. The summed E-state index contributed by atoms with van der Waals surface area (Å²) in [6.45, 7) is 3.05. The standard InChI is InChI=1S/C25H20Cl2N2O2/c1-2-28(16-17-9-5-3-6-10-17)23-22(18-11-7-4-8-12-18)24(30)29(25(23)31)19-13-14-20(26)21(27)15-19/h3-15H,2,16H2,1H3. The lowest BCUT2D eigenvalue weighted by atomic mass is 10.0. The van der Waals surface area contributed by atoms with Gasteiger partial charge in [-0.3, -0.25) is 9.59 Å². The number of halogens is 2. The van der Waals surface area contributed by atoms with Gasteiger partial charge in [0.15, 0.2) is 0 Å². The van der Waals surface area contributed by atoms with Crippen LogP contribution in [-0.2, 0) is 16.1 Å². The van der Waals surface area contributed by atoms with E-state index in [1.807, 2.05) is 72.5 Å². The fraction of sp³-hybridized carbons (Fsp3) is 0.120. The molecule has 156 valence electrons. The van der Waals surface area contributed by atoms with Gasteiger partial charge in [-0.05, 0) is 36.2 Å². The Kier molecular flexibility index (Phi) is 6.12. The van der Waals surface area contributed by atoms with Crippen LogP contribution in [-0.4, -0.2) is 23.3 Å². The van der Waals surface area contributed by atoms with Crippen molar-refractivity contribution in [2.24, 2.45) is 0 Å². The molecular formula is C25H20Cl2N2O2. The number of carbonyl (C=O) groups is 2. The fourth-order valence-electron chi connectivity index (χ4n) is 3.69. The molecule has 0 radical (unpaired) electrons. The van der Waals surface area contributed by atoms with Crippen LogP contribution in [0.1, 0.15) is 18.1 Å². The first-order valence-corrected chi connectivity index (χ1v) is 10.7. The first kappa shape index (κ1) is 21.2. The molecule has 0 aliphatic carbocycles. The molecule has 31 heavy (non-hydrogen) atoms. The maximum atomic E-state index is 13.6. The van der Waals surface area contributed by atoms with Gasteiger partial charge in [-0.2, -0.15) is 0 Å². The monoisotopic (exact) mass is 450 g/mol. The van der Waals surface area contributed by atoms with Gasteiger partial charge < -0.3 is 4.90 Å². The molecule has 0 saturated heterocycles. The lowest BCUT2D eigenvalue weighted by molar-refractivity contribution is -0.120. The van der Waals surface area contributed by atoms with E-state index in [0.717, 1.165) is 5.56 Å². The average Bonchev–Trinajstić information content (AvgIpc) is 3.05. The summed E-state index contributed by atoms with van der Waals surface area (Å²) in [7, 11) is 0. The molecule has 0 unspecified atom stereocenters. The number of hydrogen-bond donors (Lipinski definition) is 0. The van der Waals surface area contributed by atoms with E-state index in [4.69, 9.17) is 23.2 Å². The van der Waals surface area contributed by atoms with E-state index < -0.39 is 0 Å². The van der Waals surface area contributed by atoms with Crippen LogP contribution >= 0.6 is 23.2 Å². The number of nitrogens with zero attached hydrogens (tertiary/aromatic N) is 2. The van der Waals surface area contributed by atoms with Crippen LogP contribution in [0.2, 0.25) is 10.0 Å². The van der Waals surface area contributed by atoms with E-state index in [1.165, 1.54) is 4.90 Å². The number of hydrogen-bond acceptors (Lipinski definition) is 3. The van der Waals surface area contributed by atoms with Gasteiger partial charge in [-0.25, -0.2) is 4.90 Å². The van der Waals surface area contributed by atoms with Gasteiger partial charge in [0.25, 0.3) is 11.8 Å². The minimum Gasteiger partial charge on any atom is -0.362 e. The second kappa shape index (κ2) is 8.96. The van der Waals surface area contributed by atoms with Crippen LogP contribution in [0.5, 0.6) is 0 Å². The van der Waals surface area contributed by atoms with Gasteiger partial charge in [0, 0.05) is 13.1 Å². The molecule has 0 saturated carbocycles. The zero-order valence-corrected chi connectivity index (χ0v) is 18.4. The van der Waals surface area contributed by atoms with Gasteiger partial charge in [-0.15, -0.1) is 0 Å². The Morgan fingerprint density at radius 1 is 0.806 bits per heavy atom. The zero-order valence-electron chi connectivity index (χ0n) is 16.9. The summed E-state index contributed by atoms with van der Waals surface area (Å²) in [5.74, 6) is -0.754. The molecule has 2 amide bonds. The van der Waals surface area contributed by atoms with Gasteiger partial charge in [0.1, 0.15) is 5.70 Å². The molecule has 1 aliphatic rings. The second-order valence-corrected chi connectivity index (χ2v) is 7.95. The molecule has 0 spiro atoms. The SMILES string of the molecule is CCN(Cc1ccccc1)C1=C(c2ccccc2)C(=O)N(c2ccc(Cl)c(Cl)c2)C1=O. The third-order valence-corrected chi connectivity index (χ3v) is 5.94. The summed E-state index contributed by atoms with van der Waals surface area (Å²) in [6.07, 6.45) is 0. The summed E-state index contributed by atoms with van der Waals surface area (Å²) >= 11 is 12.2. The largest absolute Gasteiger partial charge is 0.362 e. The zero-order chi connectivity index (χ0) is 22.0. The van der Waals surface area contributed by atoms with Gasteiger partial charge in [-0.1, -0.05) is 83.9 Å². The Bertz CT molecular complexity index is 1160. The minimum absolute atomic E-state index is 0.283. The van der Waals surface area contributed by atoms with Crippen molar-refractivity contribution in [2.45, 2.75) is 13.5 Å². The first-order chi connectivity index (χ1) is 15.0. The molecular weight excluding hydrogens is 431 g/mol. The smallest absolute Gasteiger partial charge is 0.282 e. The van der Waals surface area contributed by atoms with E-state index in [-0.39, 0.29) is 16.8 Å². The van der Waals surface area contributed by atoms with E-state index in [9.17, 15) is 9.59 Å². The summed E-state index contributed by atoms with van der Waals surface area (Å²) in [6, 6.07) is 23.9. The predicted molar refractivity (Wildman–Crippen MR) is 125 cm³/mol. The summed E-state index contributed by atoms with van der Waals surface area (Å²) in [5, 5.41) is 0.645. The van der Waals surface area contributed by atoms with Gasteiger partial charge in [0.2, 0.25) is 0 Å². The van der Waals surface area contributed by atoms with Crippen LogP contribution in [0, 0.1) is 0 Å². The Labute approximate surface area is 191 Å². The predicted octanol–water partition coefficient (Wildman–Crippen LogP) is 5.80. The lowest BCUT2D eigenvalue weighted by Crippen LogP contribution is -2.35. The van der Waals surface area contributed by atoms with E-state index >= 15 is 0 Å². The number of likely N-dealkylation sites (N-methyl/N-ethyl adjacent to an activating group) is 1. The first-order valence-electron chi connectivity index (χ1n) is 9.93. The molecule has 3 aromatic rings. The molecule has 0 N–H and O–H groups in total. The van der Waals surface area contributed by atoms with E-state index in [1.54, 1.807) is 18.2 Å².